The van der Waals surface area contributed by atoms with E-state index in [0.29, 0.717) is 19.6 Å². The summed E-state index contributed by atoms with van der Waals surface area (Å²) in [7, 11) is 0. The third kappa shape index (κ3) is 4.15. The molecule has 24 heavy (non-hydrogen) atoms. The maximum atomic E-state index is 12.3. The monoisotopic (exact) mass is 334 g/mol. The van der Waals surface area contributed by atoms with Crippen LogP contribution in [-0.2, 0) is 9.53 Å². The predicted octanol–water partition coefficient (Wildman–Crippen LogP) is 1.61. The Morgan fingerprint density at radius 1 is 1.29 bits per heavy atom. The van der Waals surface area contributed by atoms with E-state index in [2.05, 4.69) is 4.98 Å². The van der Waals surface area contributed by atoms with Gasteiger partial charge >= 0.3 is 6.09 Å². The number of rotatable bonds is 2. The number of amides is 2. The van der Waals surface area contributed by atoms with Crippen molar-refractivity contribution < 1.29 is 14.3 Å². The number of nitrogens with zero attached hydrogens (tertiary/aromatic N) is 3. The first-order chi connectivity index (χ1) is 11.1. The largest absolute Gasteiger partial charge is 0.444 e. The molecule has 1 fully saturated rings. The lowest BCUT2D eigenvalue weighted by atomic mass is 10.1. The minimum atomic E-state index is -0.740. The van der Waals surface area contributed by atoms with Crippen molar-refractivity contribution in [3.8, 4) is 0 Å². The predicted molar refractivity (Wildman–Crippen MR) is 91.8 cm³/mol. The van der Waals surface area contributed by atoms with Crippen LogP contribution in [0.1, 0.15) is 31.9 Å². The second kappa shape index (κ2) is 6.67. The van der Waals surface area contributed by atoms with Crippen LogP contribution in [0.4, 0.5) is 10.6 Å². The number of aromatic nitrogens is 1. The molecule has 0 spiro atoms. The third-order valence-corrected chi connectivity index (χ3v) is 3.82. The Balaban J connectivity index is 2.19. The number of aryl methyl sites for hydroxylation is 2. The number of hydrogen-bond donors (Lipinski definition) is 1. The van der Waals surface area contributed by atoms with E-state index in [4.69, 9.17) is 10.5 Å². The number of pyridine rings is 1. The van der Waals surface area contributed by atoms with Crippen molar-refractivity contribution in [1.29, 1.82) is 0 Å². The Bertz CT molecular complexity index is 639. The van der Waals surface area contributed by atoms with Gasteiger partial charge in [0.15, 0.2) is 0 Å². The van der Waals surface area contributed by atoms with E-state index in [1.165, 1.54) is 4.90 Å². The molecule has 132 valence electrons. The maximum absolute atomic E-state index is 12.3. The SMILES string of the molecule is Cc1cnc(N2CCN(C(=O)OC(C)(C)C)[C@H](C(N)=O)C2)c(C)c1. The fourth-order valence-corrected chi connectivity index (χ4v) is 2.80. The first-order valence-electron chi connectivity index (χ1n) is 8.05. The molecule has 1 aliphatic heterocycles. The molecular weight excluding hydrogens is 308 g/mol. The van der Waals surface area contributed by atoms with E-state index in [-0.39, 0.29) is 0 Å². The molecule has 0 saturated carbocycles. The molecule has 1 saturated heterocycles. The van der Waals surface area contributed by atoms with E-state index in [1.54, 1.807) is 27.0 Å². The Kier molecular flexibility index (Phi) is 5.01. The second-order valence-corrected chi connectivity index (χ2v) is 7.19. The summed E-state index contributed by atoms with van der Waals surface area (Å²) in [4.78, 5) is 32.1. The van der Waals surface area contributed by atoms with Gasteiger partial charge in [-0.2, -0.15) is 0 Å². The van der Waals surface area contributed by atoms with Crippen LogP contribution in [-0.4, -0.2) is 53.2 Å². The molecule has 2 rings (SSSR count). The molecule has 2 amide bonds. The molecule has 1 atom stereocenters. The molecule has 7 nitrogen and oxygen atoms in total. The highest BCUT2D eigenvalue weighted by Crippen LogP contribution is 2.23. The minimum absolute atomic E-state index is 0.311. The van der Waals surface area contributed by atoms with Gasteiger partial charge in [-0.05, 0) is 45.7 Å². The normalized spacial score (nSPS) is 18.5. The maximum Gasteiger partial charge on any atom is 0.411 e. The highest BCUT2D eigenvalue weighted by atomic mass is 16.6. The summed E-state index contributed by atoms with van der Waals surface area (Å²) >= 11 is 0. The Hall–Kier alpha value is -2.31. The van der Waals surface area contributed by atoms with Gasteiger partial charge in [0, 0.05) is 25.8 Å². The van der Waals surface area contributed by atoms with Crippen LogP contribution in [0.25, 0.3) is 0 Å². The number of carbonyl (C=O) groups is 2. The fraction of sp³-hybridized carbons (Fsp3) is 0.588. The molecule has 1 aliphatic rings. The Morgan fingerprint density at radius 3 is 2.50 bits per heavy atom. The Morgan fingerprint density at radius 2 is 1.96 bits per heavy atom. The van der Waals surface area contributed by atoms with Gasteiger partial charge in [-0.15, -0.1) is 0 Å². The van der Waals surface area contributed by atoms with Crippen molar-refractivity contribution in [1.82, 2.24) is 9.88 Å². The standard InChI is InChI=1S/C17H26N4O3/c1-11-8-12(2)15(19-9-11)20-6-7-21(13(10-20)14(18)22)16(23)24-17(3,4)5/h8-9,13H,6-7,10H2,1-5H3,(H2,18,22)/t13-/m0/s1. The molecule has 0 aromatic carbocycles. The number of ether oxygens (including phenoxy) is 1. The van der Waals surface area contributed by atoms with Gasteiger partial charge in [-0.25, -0.2) is 9.78 Å². The average Bonchev–Trinajstić information content (AvgIpc) is 2.44. The lowest BCUT2D eigenvalue weighted by molar-refractivity contribution is -0.123. The molecule has 0 radical (unpaired) electrons. The van der Waals surface area contributed by atoms with Gasteiger partial charge in [-0.1, -0.05) is 6.07 Å². The molecule has 0 aliphatic carbocycles. The van der Waals surface area contributed by atoms with Crippen molar-refractivity contribution in [3.63, 3.8) is 0 Å². The highest BCUT2D eigenvalue weighted by molar-refractivity contribution is 5.85. The van der Waals surface area contributed by atoms with Crippen LogP contribution in [0.15, 0.2) is 12.3 Å². The van der Waals surface area contributed by atoms with Crippen LogP contribution >= 0.6 is 0 Å². The summed E-state index contributed by atoms with van der Waals surface area (Å²) in [5.74, 6) is 0.269. The van der Waals surface area contributed by atoms with Gasteiger partial charge in [0.1, 0.15) is 17.5 Å². The number of anilines is 1. The highest BCUT2D eigenvalue weighted by Gasteiger charge is 2.37. The number of carbonyl (C=O) groups excluding carboxylic acids is 2. The van der Waals surface area contributed by atoms with Crippen LogP contribution in [0.2, 0.25) is 0 Å². The zero-order valence-electron chi connectivity index (χ0n) is 15.0. The summed E-state index contributed by atoms with van der Waals surface area (Å²) in [6.07, 6.45) is 1.28. The quantitative estimate of drug-likeness (QED) is 0.887. The number of primary amides is 1. The van der Waals surface area contributed by atoms with E-state index in [9.17, 15) is 9.59 Å². The van der Waals surface area contributed by atoms with Crippen molar-refractivity contribution in [3.05, 3.63) is 23.4 Å². The third-order valence-electron chi connectivity index (χ3n) is 3.82. The first-order valence-corrected chi connectivity index (χ1v) is 8.05. The summed E-state index contributed by atoms with van der Waals surface area (Å²) in [6, 6.07) is 1.30. The van der Waals surface area contributed by atoms with E-state index in [0.717, 1.165) is 16.9 Å². The summed E-state index contributed by atoms with van der Waals surface area (Å²) in [6.45, 7) is 10.6. The zero-order valence-corrected chi connectivity index (χ0v) is 15.0. The van der Waals surface area contributed by atoms with Gasteiger partial charge in [0.2, 0.25) is 5.91 Å². The van der Waals surface area contributed by atoms with Crippen molar-refractivity contribution >= 4 is 17.8 Å². The van der Waals surface area contributed by atoms with E-state index < -0.39 is 23.6 Å². The van der Waals surface area contributed by atoms with Crippen LogP contribution in [0.5, 0.6) is 0 Å². The number of piperazine rings is 1. The topological polar surface area (TPSA) is 88.8 Å². The van der Waals surface area contributed by atoms with Gasteiger partial charge in [0.25, 0.3) is 0 Å². The molecule has 0 bridgehead atoms. The molecule has 1 aromatic rings. The van der Waals surface area contributed by atoms with Crippen LogP contribution < -0.4 is 10.6 Å². The van der Waals surface area contributed by atoms with E-state index >= 15 is 0 Å². The Labute approximate surface area is 142 Å². The lowest BCUT2D eigenvalue weighted by Crippen LogP contribution is -2.60. The molecule has 2 heterocycles. The van der Waals surface area contributed by atoms with Gasteiger partial charge < -0.3 is 15.4 Å². The van der Waals surface area contributed by atoms with Crippen molar-refractivity contribution in [2.45, 2.75) is 46.3 Å². The number of hydrogen-bond acceptors (Lipinski definition) is 5. The summed E-state index contributed by atoms with van der Waals surface area (Å²) in [5.41, 5.74) is 7.02. The molecular formula is C17H26N4O3. The summed E-state index contributed by atoms with van der Waals surface area (Å²) < 4.78 is 5.38. The lowest BCUT2D eigenvalue weighted by Gasteiger charge is -2.41. The fourth-order valence-electron chi connectivity index (χ4n) is 2.80. The summed E-state index contributed by atoms with van der Waals surface area (Å²) in [5, 5.41) is 0. The molecule has 7 heteroatoms. The number of nitrogens with two attached hydrogens (primary N) is 1. The van der Waals surface area contributed by atoms with Gasteiger partial charge in [0.05, 0.1) is 0 Å². The first kappa shape index (κ1) is 18.0. The van der Waals surface area contributed by atoms with Gasteiger partial charge in [-0.3, -0.25) is 9.69 Å². The molecule has 1 aromatic heterocycles. The molecule has 0 unspecified atom stereocenters. The van der Waals surface area contributed by atoms with E-state index in [1.807, 2.05) is 24.8 Å². The van der Waals surface area contributed by atoms with Crippen LogP contribution in [0.3, 0.4) is 0 Å². The smallest absolute Gasteiger partial charge is 0.411 e. The second-order valence-electron chi connectivity index (χ2n) is 7.19. The van der Waals surface area contributed by atoms with Crippen molar-refractivity contribution in [2.75, 3.05) is 24.5 Å². The van der Waals surface area contributed by atoms with Crippen LogP contribution in [0, 0.1) is 13.8 Å². The molecule has 2 N–H and O–H groups in total. The van der Waals surface area contributed by atoms with Crippen molar-refractivity contribution in [2.24, 2.45) is 5.73 Å². The zero-order chi connectivity index (χ0) is 18.1. The average molecular weight is 334 g/mol. The minimum Gasteiger partial charge on any atom is -0.444 e.